The number of carboxylic acids is 1. The maximum atomic E-state index is 11.5. The molecule has 0 saturated carbocycles. The Bertz CT molecular complexity index is 1030. The summed E-state index contributed by atoms with van der Waals surface area (Å²) in [6.07, 6.45) is 0. The molecule has 0 bridgehead atoms. The molecule has 0 saturated heterocycles. The van der Waals surface area contributed by atoms with Crippen molar-refractivity contribution < 1.29 is 15.6 Å². The fourth-order valence-corrected chi connectivity index (χ4v) is 3.57. The number of aromatic nitrogens is 1. The topological polar surface area (TPSA) is 80.7 Å². The third-order valence-corrected chi connectivity index (χ3v) is 4.70. The summed E-state index contributed by atoms with van der Waals surface area (Å²) in [4.78, 5) is 16.1. The first-order valence-corrected chi connectivity index (χ1v) is 9.20. The van der Waals surface area contributed by atoms with Crippen LogP contribution in [0.4, 0.5) is 0 Å². The standard InChI is InChI=1S/C18H11NO2S.C3H9N/c20-18(21)14-10-12-6-2-1-5-11(12)9-13(14)17-19-15-7-3-4-8-16(15)22-17;1-3(2)4/h1-10H,(H,20,21);3H,4H2,1-2H3. The molecule has 4 rings (SSSR count). The van der Waals surface area contributed by atoms with Crippen molar-refractivity contribution in [2.24, 2.45) is 0 Å². The van der Waals surface area contributed by atoms with E-state index in [4.69, 9.17) is 0 Å². The van der Waals surface area contributed by atoms with Crippen molar-refractivity contribution in [3.8, 4) is 10.6 Å². The number of para-hydroxylation sites is 1. The molecule has 0 spiro atoms. The zero-order valence-electron chi connectivity index (χ0n) is 14.7. The Labute approximate surface area is 155 Å². The number of quaternary nitrogens is 1. The predicted molar refractivity (Wildman–Crippen MR) is 105 cm³/mol. The van der Waals surface area contributed by atoms with Gasteiger partial charge in [-0.05, 0) is 48.9 Å². The number of thiazole rings is 1. The highest BCUT2D eigenvalue weighted by Crippen LogP contribution is 2.34. The van der Waals surface area contributed by atoms with Gasteiger partial charge >= 0.3 is 0 Å². The molecule has 0 radical (unpaired) electrons. The molecule has 0 amide bonds. The van der Waals surface area contributed by atoms with E-state index in [9.17, 15) is 9.90 Å². The summed E-state index contributed by atoms with van der Waals surface area (Å²) in [5.74, 6) is -1.18. The van der Waals surface area contributed by atoms with E-state index >= 15 is 0 Å². The minimum Gasteiger partial charge on any atom is -0.545 e. The number of fused-ring (bicyclic) bond motifs is 2. The lowest BCUT2D eigenvalue weighted by Gasteiger charge is -2.10. The fourth-order valence-electron chi connectivity index (χ4n) is 2.57. The first kappa shape index (κ1) is 18.0. The number of aromatic carboxylic acids is 1. The molecule has 26 heavy (non-hydrogen) atoms. The van der Waals surface area contributed by atoms with E-state index in [1.54, 1.807) is 6.07 Å². The van der Waals surface area contributed by atoms with Gasteiger partial charge in [0.15, 0.2) is 0 Å². The van der Waals surface area contributed by atoms with Gasteiger partial charge in [-0.25, -0.2) is 4.98 Å². The van der Waals surface area contributed by atoms with E-state index in [1.807, 2.05) is 54.6 Å². The summed E-state index contributed by atoms with van der Waals surface area (Å²) in [7, 11) is 0. The number of rotatable bonds is 2. The molecule has 132 valence electrons. The summed E-state index contributed by atoms with van der Waals surface area (Å²) < 4.78 is 1.04. The molecule has 0 aliphatic carbocycles. The van der Waals surface area contributed by atoms with Gasteiger partial charge in [-0.1, -0.05) is 36.4 Å². The van der Waals surface area contributed by atoms with Crippen LogP contribution in [0.15, 0.2) is 60.7 Å². The van der Waals surface area contributed by atoms with Crippen molar-refractivity contribution in [2.75, 3.05) is 0 Å². The summed E-state index contributed by atoms with van der Waals surface area (Å²) in [6.45, 7) is 4.11. The molecule has 3 N–H and O–H groups in total. The Hall–Kier alpha value is -2.76. The molecular weight excluding hydrogens is 344 g/mol. The Morgan fingerprint density at radius 2 is 1.62 bits per heavy atom. The monoisotopic (exact) mass is 364 g/mol. The molecule has 0 aliphatic rings. The molecule has 5 heteroatoms. The second-order valence-corrected chi connectivity index (χ2v) is 7.44. The highest BCUT2D eigenvalue weighted by Gasteiger charge is 2.12. The average molecular weight is 364 g/mol. The van der Waals surface area contributed by atoms with Crippen LogP contribution in [-0.2, 0) is 0 Å². The first-order chi connectivity index (χ1) is 12.5. The van der Waals surface area contributed by atoms with Crippen LogP contribution in [0.5, 0.6) is 0 Å². The minimum atomic E-state index is -1.18. The lowest BCUT2D eigenvalue weighted by molar-refractivity contribution is -0.407. The molecule has 4 aromatic rings. The molecule has 0 atom stereocenters. The smallest absolute Gasteiger partial charge is 0.125 e. The zero-order valence-corrected chi connectivity index (χ0v) is 15.5. The van der Waals surface area contributed by atoms with E-state index in [1.165, 1.54) is 11.3 Å². The van der Waals surface area contributed by atoms with Crippen LogP contribution in [-0.4, -0.2) is 17.0 Å². The van der Waals surface area contributed by atoms with Crippen LogP contribution in [0.25, 0.3) is 31.6 Å². The molecule has 0 fully saturated rings. The van der Waals surface area contributed by atoms with Gasteiger partial charge in [0.25, 0.3) is 0 Å². The van der Waals surface area contributed by atoms with Gasteiger partial charge in [0.05, 0.1) is 22.2 Å². The van der Waals surface area contributed by atoms with Crippen LogP contribution in [0.3, 0.4) is 0 Å². The van der Waals surface area contributed by atoms with Crippen molar-refractivity contribution in [3.05, 3.63) is 66.2 Å². The highest BCUT2D eigenvalue weighted by molar-refractivity contribution is 7.21. The maximum Gasteiger partial charge on any atom is 0.125 e. The maximum absolute atomic E-state index is 11.5. The largest absolute Gasteiger partial charge is 0.545 e. The molecular formula is C21H20N2O2S. The first-order valence-electron chi connectivity index (χ1n) is 8.39. The quantitative estimate of drug-likeness (QED) is 0.593. The van der Waals surface area contributed by atoms with Gasteiger partial charge in [-0.15, -0.1) is 11.3 Å². The van der Waals surface area contributed by atoms with Crippen molar-refractivity contribution in [2.45, 2.75) is 19.9 Å². The molecule has 1 aromatic heterocycles. The summed E-state index contributed by atoms with van der Waals surface area (Å²) in [5, 5.41) is 14.1. The Morgan fingerprint density at radius 1 is 1.04 bits per heavy atom. The van der Waals surface area contributed by atoms with Gasteiger partial charge in [-0.2, -0.15) is 0 Å². The van der Waals surface area contributed by atoms with Crippen LogP contribution in [0, 0.1) is 0 Å². The SMILES string of the molecule is CC(C)[NH3+].O=C([O-])c1cc2ccccc2cc1-c1nc2ccccc2s1. The minimum absolute atomic E-state index is 0.178. The second-order valence-electron chi connectivity index (χ2n) is 6.41. The normalized spacial score (nSPS) is 10.8. The fraction of sp³-hybridized carbons (Fsp3) is 0.143. The number of nitrogens with zero attached hydrogens (tertiary/aromatic N) is 1. The number of benzene rings is 3. The molecule has 0 aliphatic heterocycles. The van der Waals surface area contributed by atoms with E-state index in [2.05, 4.69) is 24.6 Å². The van der Waals surface area contributed by atoms with Gasteiger partial charge in [0, 0.05) is 11.1 Å². The zero-order chi connectivity index (χ0) is 18.7. The van der Waals surface area contributed by atoms with Crippen LogP contribution >= 0.6 is 11.3 Å². The van der Waals surface area contributed by atoms with Gasteiger partial charge < -0.3 is 15.6 Å². The van der Waals surface area contributed by atoms with Crippen molar-refractivity contribution in [1.82, 2.24) is 4.98 Å². The molecule has 4 nitrogen and oxygen atoms in total. The number of hydrogen-bond acceptors (Lipinski definition) is 4. The van der Waals surface area contributed by atoms with E-state index in [-0.39, 0.29) is 5.56 Å². The highest BCUT2D eigenvalue weighted by atomic mass is 32.1. The van der Waals surface area contributed by atoms with Crippen molar-refractivity contribution >= 4 is 38.3 Å². The van der Waals surface area contributed by atoms with E-state index in [0.29, 0.717) is 16.6 Å². The summed E-state index contributed by atoms with van der Waals surface area (Å²) in [6, 6.07) is 19.6. The third kappa shape index (κ3) is 3.90. The lowest BCUT2D eigenvalue weighted by Crippen LogP contribution is -2.57. The Kier molecular flexibility index (Phi) is 5.30. The van der Waals surface area contributed by atoms with Crippen molar-refractivity contribution in [1.29, 1.82) is 0 Å². The molecule has 1 heterocycles. The van der Waals surface area contributed by atoms with E-state index < -0.39 is 5.97 Å². The summed E-state index contributed by atoms with van der Waals surface area (Å²) in [5.41, 5.74) is 5.30. The molecule has 0 unspecified atom stereocenters. The van der Waals surface area contributed by atoms with E-state index in [0.717, 1.165) is 21.0 Å². The Balaban J connectivity index is 0.000000447. The lowest BCUT2D eigenvalue weighted by atomic mass is 10.0. The number of hydrogen-bond donors (Lipinski definition) is 1. The van der Waals surface area contributed by atoms with Gasteiger partial charge in [0.2, 0.25) is 0 Å². The third-order valence-electron chi connectivity index (χ3n) is 3.63. The number of carbonyl (C=O) groups excluding carboxylic acids is 1. The Morgan fingerprint density at radius 3 is 2.23 bits per heavy atom. The molecule has 3 aromatic carbocycles. The van der Waals surface area contributed by atoms with Gasteiger partial charge in [-0.3, -0.25) is 0 Å². The average Bonchev–Trinajstić information content (AvgIpc) is 3.04. The number of carbonyl (C=O) groups is 1. The second kappa shape index (κ2) is 7.64. The summed E-state index contributed by atoms with van der Waals surface area (Å²) >= 11 is 1.49. The van der Waals surface area contributed by atoms with Crippen LogP contribution in [0.1, 0.15) is 24.2 Å². The van der Waals surface area contributed by atoms with Crippen LogP contribution < -0.4 is 10.8 Å². The van der Waals surface area contributed by atoms with Crippen molar-refractivity contribution in [3.63, 3.8) is 0 Å². The number of carboxylic acid groups (broad SMARTS) is 1. The van der Waals surface area contributed by atoms with Crippen LogP contribution in [0.2, 0.25) is 0 Å². The predicted octanol–water partition coefficient (Wildman–Crippen LogP) is 3.12. The van der Waals surface area contributed by atoms with Gasteiger partial charge in [0.1, 0.15) is 5.01 Å².